The first-order chi connectivity index (χ1) is 13.0. The van der Waals surface area contributed by atoms with Gasteiger partial charge < -0.3 is 15.0 Å². The summed E-state index contributed by atoms with van der Waals surface area (Å²) < 4.78 is 5.33. The van der Waals surface area contributed by atoms with E-state index in [1.807, 2.05) is 5.38 Å². The predicted molar refractivity (Wildman–Crippen MR) is 113 cm³/mol. The number of morpholine rings is 1. The first kappa shape index (κ1) is 20.1. The highest BCUT2D eigenvalue weighted by Gasteiger charge is 2.16. The van der Waals surface area contributed by atoms with E-state index in [9.17, 15) is 4.79 Å². The van der Waals surface area contributed by atoms with Gasteiger partial charge in [-0.25, -0.2) is 4.98 Å². The molecule has 2 aromatic rings. The molecule has 1 fully saturated rings. The van der Waals surface area contributed by atoms with E-state index in [-0.39, 0.29) is 17.4 Å². The number of ether oxygens (including phenoxy) is 1. The molecule has 0 unspecified atom stereocenters. The number of nitrogens with zero attached hydrogens (tertiary/aromatic N) is 2. The maximum atomic E-state index is 12.1. The van der Waals surface area contributed by atoms with Crippen LogP contribution in [0.3, 0.4) is 0 Å². The number of carbonyl (C=O) groups is 1. The second-order valence-electron chi connectivity index (χ2n) is 5.65. The summed E-state index contributed by atoms with van der Waals surface area (Å²) in [5.41, 5.74) is 6.48. The second kappa shape index (κ2) is 9.52. The summed E-state index contributed by atoms with van der Waals surface area (Å²) in [7, 11) is 0. The summed E-state index contributed by atoms with van der Waals surface area (Å²) in [4.78, 5) is 18.8. The molecular weight excluding hydrogens is 429 g/mol. The molecule has 11 heteroatoms. The topological polar surface area (TPSA) is 78.5 Å². The Hall–Kier alpha value is -1.65. The van der Waals surface area contributed by atoms with Gasteiger partial charge in [0.25, 0.3) is 0 Å². The third-order valence-corrected chi connectivity index (χ3v) is 5.36. The lowest BCUT2D eigenvalue weighted by Gasteiger charge is -2.26. The Bertz CT molecular complexity index is 827. The molecule has 1 aliphatic heterocycles. The van der Waals surface area contributed by atoms with Crippen LogP contribution in [0.5, 0.6) is 0 Å². The number of halogens is 2. The van der Waals surface area contributed by atoms with E-state index in [1.54, 1.807) is 18.2 Å². The molecule has 1 aromatic heterocycles. The van der Waals surface area contributed by atoms with Crippen molar-refractivity contribution in [2.75, 3.05) is 36.5 Å². The van der Waals surface area contributed by atoms with Crippen molar-refractivity contribution in [3.63, 3.8) is 0 Å². The highest BCUT2D eigenvalue weighted by Crippen LogP contribution is 2.25. The Kier molecular flexibility index (Phi) is 7.08. The zero-order chi connectivity index (χ0) is 19.2. The van der Waals surface area contributed by atoms with Gasteiger partial charge in [-0.05, 0) is 30.4 Å². The molecular formula is C16H17Cl2N5O2S2. The third-order valence-electron chi connectivity index (χ3n) is 3.66. The van der Waals surface area contributed by atoms with Crippen molar-refractivity contribution < 1.29 is 9.53 Å². The van der Waals surface area contributed by atoms with Crippen LogP contribution in [0, 0.1) is 0 Å². The van der Waals surface area contributed by atoms with E-state index in [0.717, 1.165) is 18.2 Å². The van der Waals surface area contributed by atoms with Gasteiger partial charge in [0, 0.05) is 23.5 Å². The third kappa shape index (κ3) is 5.91. The van der Waals surface area contributed by atoms with Crippen LogP contribution in [0.15, 0.2) is 23.6 Å². The standard InChI is InChI=1S/C16H17Cl2N5O2S2/c17-10-1-2-13(12(18)7-10)20-15(26)22-21-14(24)8-11-9-27-16(19-11)23-3-5-25-6-4-23/h1-2,7,9H,3-6,8H2,(H,21,24)(H2,20,22,26). The van der Waals surface area contributed by atoms with Crippen LogP contribution >= 0.6 is 46.8 Å². The Morgan fingerprint density at radius 2 is 2.07 bits per heavy atom. The molecule has 144 valence electrons. The van der Waals surface area contributed by atoms with Crippen LogP contribution in [0.4, 0.5) is 10.8 Å². The number of hydrogen-bond donors (Lipinski definition) is 3. The number of carbonyl (C=O) groups excluding carboxylic acids is 1. The van der Waals surface area contributed by atoms with E-state index in [4.69, 9.17) is 40.2 Å². The summed E-state index contributed by atoms with van der Waals surface area (Å²) in [5.74, 6) is -0.250. The summed E-state index contributed by atoms with van der Waals surface area (Å²) >= 11 is 18.6. The molecule has 27 heavy (non-hydrogen) atoms. The van der Waals surface area contributed by atoms with Crippen molar-refractivity contribution in [2.45, 2.75) is 6.42 Å². The van der Waals surface area contributed by atoms with Gasteiger partial charge in [0.05, 0.1) is 36.0 Å². The number of amides is 1. The maximum Gasteiger partial charge on any atom is 0.244 e. The molecule has 0 bridgehead atoms. The Balaban J connectivity index is 1.45. The minimum Gasteiger partial charge on any atom is -0.378 e. The minimum absolute atomic E-state index is 0.151. The summed E-state index contributed by atoms with van der Waals surface area (Å²) in [6, 6.07) is 4.98. The number of thiocarbonyl (C=S) groups is 1. The number of hydrazine groups is 1. The van der Waals surface area contributed by atoms with Crippen molar-refractivity contribution >= 4 is 68.6 Å². The van der Waals surface area contributed by atoms with E-state index in [0.29, 0.717) is 34.6 Å². The van der Waals surface area contributed by atoms with E-state index >= 15 is 0 Å². The van der Waals surface area contributed by atoms with E-state index < -0.39 is 0 Å². The van der Waals surface area contributed by atoms with Gasteiger partial charge >= 0.3 is 0 Å². The summed E-state index contributed by atoms with van der Waals surface area (Å²) in [6.07, 6.45) is 0.151. The van der Waals surface area contributed by atoms with Crippen molar-refractivity contribution in [2.24, 2.45) is 0 Å². The zero-order valence-electron chi connectivity index (χ0n) is 14.1. The number of nitrogens with one attached hydrogen (secondary N) is 3. The van der Waals surface area contributed by atoms with Gasteiger partial charge in [-0.3, -0.25) is 15.6 Å². The minimum atomic E-state index is -0.250. The number of thiazole rings is 1. The molecule has 1 aromatic carbocycles. The normalized spacial score (nSPS) is 13.9. The summed E-state index contributed by atoms with van der Waals surface area (Å²) in [6.45, 7) is 3.02. The van der Waals surface area contributed by atoms with Crippen molar-refractivity contribution in [1.29, 1.82) is 0 Å². The fraction of sp³-hybridized carbons (Fsp3) is 0.312. The van der Waals surface area contributed by atoms with E-state index in [2.05, 4.69) is 26.1 Å². The molecule has 1 aliphatic rings. The van der Waals surface area contributed by atoms with E-state index in [1.165, 1.54) is 11.3 Å². The summed E-state index contributed by atoms with van der Waals surface area (Å²) in [5, 5.41) is 6.84. The average Bonchev–Trinajstić information content (AvgIpc) is 3.11. The average molecular weight is 446 g/mol. The fourth-order valence-corrected chi connectivity index (χ4v) is 3.85. The molecule has 0 atom stereocenters. The largest absolute Gasteiger partial charge is 0.378 e. The smallest absolute Gasteiger partial charge is 0.244 e. The molecule has 1 amide bonds. The second-order valence-corrected chi connectivity index (χ2v) is 7.74. The molecule has 0 aliphatic carbocycles. The van der Waals surface area contributed by atoms with Crippen molar-refractivity contribution in [3.05, 3.63) is 39.3 Å². The first-order valence-corrected chi connectivity index (χ1v) is 10.1. The first-order valence-electron chi connectivity index (χ1n) is 8.09. The van der Waals surface area contributed by atoms with Gasteiger partial charge in [0.1, 0.15) is 0 Å². The zero-order valence-corrected chi connectivity index (χ0v) is 17.3. The quantitative estimate of drug-likeness (QED) is 0.493. The van der Waals surface area contributed by atoms with Crippen LogP contribution in [0.25, 0.3) is 0 Å². The van der Waals surface area contributed by atoms with Gasteiger partial charge in [-0.2, -0.15) is 0 Å². The molecule has 1 saturated heterocycles. The van der Waals surface area contributed by atoms with Crippen LogP contribution in [0.1, 0.15) is 5.69 Å². The molecule has 0 spiro atoms. The van der Waals surface area contributed by atoms with Gasteiger partial charge in [-0.1, -0.05) is 23.2 Å². The van der Waals surface area contributed by atoms with Crippen LogP contribution in [-0.4, -0.2) is 42.3 Å². The molecule has 3 N–H and O–H groups in total. The molecule has 2 heterocycles. The van der Waals surface area contributed by atoms with Crippen molar-refractivity contribution in [3.8, 4) is 0 Å². The number of hydrogen-bond acceptors (Lipinski definition) is 6. The predicted octanol–water partition coefficient (Wildman–Crippen LogP) is 2.85. The fourth-order valence-electron chi connectivity index (χ4n) is 2.36. The van der Waals surface area contributed by atoms with Gasteiger partial charge in [0.2, 0.25) is 5.91 Å². The molecule has 3 rings (SSSR count). The molecule has 0 saturated carbocycles. The lowest BCUT2D eigenvalue weighted by molar-refractivity contribution is -0.121. The number of aromatic nitrogens is 1. The monoisotopic (exact) mass is 445 g/mol. The lowest BCUT2D eigenvalue weighted by Crippen LogP contribution is -2.44. The maximum absolute atomic E-state index is 12.1. The Morgan fingerprint density at radius 3 is 2.81 bits per heavy atom. The highest BCUT2D eigenvalue weighted by atomic mass is 35.5. The molecule has 7 nitrogen and oxygen atoms in total. The van der Waals surface area contributed by atoms with Crippen molar-refractivity contribution in [1.82, 2.24) is 15.8 Å². The molecule has 0 radical (unpaired) electrons. The number of benzene rings is 1. The van der Waals surface area contributed by atoms with Crippen LogP contribution < -0.4 is 21.1 Å². The van der Waals surface area contributed by atoms with Gasteiger partial charge in [0.15, 0.2) is 10.2 Å². The lowest BCUT2D eigenvalue weighted by atomic mass is 10.3. The van der Waals surface area contributed by atoms with Crippen LogP contribution in [0.2, 0.25) is 10.0 Å². The van der Waals surface area contributed by atoms with Crippen LogP contribution in [-0.2, 0) is 16.0 Å². The number of rotatable bonds is 4. The highest BCUT2D eigenvalue weighted by molar-refractivity contribution is 7.80. The Labute approximate surface area is 176 Å². The number of anilines is 2. The SMILES string of the molecule is O=C(Cc1csc(N2CCOCC2)n1)NNC(=S)Nc1ccc(Cl)cc1Cl. The Morgan fingerprint density at radius 1 is 1.30 bits per heavy atom. The van der Waals surface area contributed by atoms with Gasteiger partial charge in [-0.15, -0.1) is 11.3 Å².